The number of fused-ring (bicyclic) bond motifs is 1. The molecule has 0 aliphatic heterocycles. The van der Waals surface area contributed by atoms with Crippen LogP contribution in [0.1, 0.15) is 22.3 Å². The van der Waals surface area contributed by atoms with Crippen LogP contribution in [0.25, 0.3) is 10.9 Å². The fourth-order valence-electron chi connectivity index (χ4n) is 2.73. The van der Waals surface area contributed by atoms with Crippen molar-refractivity contribution >= 4 is 10.9 Å². The van der Waals surface area contributed by atoms with Gasteiger partial charge in [-0.25, -0.2) is 4.39 Å². The smallest absolute Gasteiger partial charge is 0.148 e. The summed E-state index contributed by atoms with van der Waals surface area (Å²) in [5, 5.41) is 10.1. The van der Waals surface area contributed by atoms with Gasteiger partial charge >= 0.3 is 0 Å². The quantitative estimate of drug-likeness (QED) is 0.730. The predicted octanol–water partition coefficient (Wildman–Crippen LogP) is 4.15. The van der Waals surface area contributed by atoms with Crippen LogP contribution in [0.4, 0.5) is 4.39 Å². The molecule has 0 atom stereocenters. The van der Waals surface area contributed by atoms with E-state index in [4.69, 9.17) is 4.74 Å². The minimum atomic E-state index is -0.252. The van der Waals surface area contributed by atoms with E-state index in [1.54, 1.807) is 25.4 Å². The number of ether oxygens (including phenoxy) is 1. The number of nitrogens with zero attached hydrogens (tertiary/aromatic N) is 2. The zero-order valence-electron chi connectivity index (χ0n) is 12.9. The molecule has 0 bridgehead atoms. The van der Waals surface area contributed by atoms with Crippen molar-refractivity contribution in [2.45, 2.75) is 13.3 Å². The Hall–Kier alpha value is -2.93. The summed E-state index contributed by atoms with van der Waals surface area (Å²) < 4.78 is 18.4. The maximum absolute atomic E-state index is 13.0. The van der Waals surface area contributed by atoms with Gasteiger partial charge in [-0.15, -0.1) is 0 Å². The van der Waals surface area contributed by atoms with E-state index in [2.05, 4.69) is 11.1 Å². The number of aromatic nitrogens is 1. The van der Waals surface area contributed by atoms with E-state index in [9.17, 15) is 9.65 Å². The average Bonchev–Trinajstić information content (AvgIpc) is 2.56. The Morgan fingerprint density at radius 1 is 1.17 bits per heavy atom. The molecule has 0 aliphatic rings. The largest absolute Gasteiger partial charge is 0.494 e. The fraction of sp³-hybridized carbons (Fsp3) is 0.158. The first-order valence-corrected chi connectivity index (χ1v) is 7.23. The normalized spacial score (nSPS) is 10.5. The van der Waals surface area contributed by atoms with Crippen molar-refractivity contribution in [1.29, 1.82) is 5.26 Å². The van der Waals surface area contributed by atoms with Gasteiger partial charge in [-0.3, -0.25) is 4.98 Å². The molecule has 3 aromatic rings. The Morgan fingerprint density at radius 2 is 1.91 bits per heavy atom. The van der Waals surface area contributed by atoms with Crippen molar-refractivity contribution in [3.63, 3.8) is 0 Å². The molecule has 2 aromatic carbocycles. The molecular weight excluding hydrogens is 291 g/mol. The van der Waals surface area contributed by atoms with Crippen molar-refractivity contribution in [2.75, 3.05) is 7.11 Å². The summed E-state index contributed by atoms with van der Waals surface area (Å²) in [5.74, 6) is 0.435. The van der Waals surface area contributed by atoms with Gasteiger partial charge in [-0.2, -0.15) is 5.26 Å². The molecule has 3 nitrogen and oxygen atoms in total. The molecule has 0 saturated carbocycles. The molecule has 0 N–H and O–H groups in total. The molecule has 3 rings (SSSR count). The molecule has 0 saturated heterocycles. The summed E-state index contributed by atoms with van der Waals surface area (Å²) in [6.45, 7) is 1.90. The van der Waals surface area contributed by atoms with Crippen LogP contribution in [-0.4, -0.2) is 12.1 Å². The maximum Gasteiger partial charge on any atom is 0.148 e. The number of aryl methyl sites for hydroxylation is 1. The van der Waals surface area contributed by atoms with Crippen LogP contribution in [0.15, 0.2) is 42.6 Å². The number of nitriles is 1. The zero-order chi connectivity index (χ0) is 16.4. The first-order chi connectivity index (χ1) is 11.1. The summed E-state index contributed by atoms with van der Waals surface area (Å²) in [4.78, 5) is 4.48. The van der Waals surface area contributed by atoms with E-state index in [1.165, 1.54) is 12.1 Å². The minimum Gasteiger partial charge on any atom is -0.494 e. The second-order valence-corrected chi connectivity index (χ2v) is 5.43. The highest BCUT2D eigenvalue weighted by molar-refractivity contribution is 5.91. The van der Waals surface area contributed by atoms with Crippen molar-refractivity contribution in [1.82, 2.24) is 4.98 Å². The number of rotatable bonds is 3. The molecule has 1 aromatic heterocycles. The number of halogens is 1. The second-order valence-electron chi connectivity index (χ2n) is 5.43. The third-order valence-electron chi connectivity index (χ3n) is 3.81. The molecule has 23 heavy (non-hydrogen) atoms. The van der Waals surface area contributed by atoms with E-state index >= 15 is 0 Å². The van der Waals surface area contributed by atoms with Gasteiger partial charge in [0, 0.05) is 11.6 Å². The summed E-state index contributed by atoms with van der Waals surface area (Å²) in [6, 6.07) is 12.4. The van der Waals surface area contributed by atoms with Gasteiger partial charge < -0.3 is 4.74 Å². The van der Waals surface area contributed by atoms with Gasteiger partial charge in [0.15, 0.2) is 0 Å². The van der Waals surface area contributed by atoms with Gasteiger partial charge in [0.25, 0.3) is 0 Å². The van der Waals surface area contributed by atoms with Crippen LogP contribution in [0.5, 0.6) is 5.75 Å². The standard InChI is InChI=1S/C19H15FN2O/c1-12-7-15(10-21)17-9-14(11-22-18(17)19(12)23-2)8-13-3-5-16(20)6-4-13/h3-7,9,11H,8H2,1-2H3. The van der Waals surface area contributed by atoms with Gasteiger partial charge in [-0.05, 0) is 54.3 Å². The third-order valence-corrected chi connectivity index (χ3v) is 3.81. The number of hydrogen-bond acceptors (Lipinski definition) is 3. The first kappa shape index (κ1) is 15.0. The molecule has 0 unspecified atom stereocenters. The molecule has 1 heterocycles. The topological polar surface area (TPSA) is 45.9 Å². The Kier molecular flexibility index (Phi) is 3.94. The van der Waals surface area contributed by atoms with Crippen molar-refractivity contribution < 1.29 is 9.13 Å². The van der Waals surface area contributed by atoms with Crippen molar-refractivity contribution in [2.24, 2.45) is 0 Å². The highest BCUT2D eigenvalue weighted by Gasteiger charge is 2.12. The van der Waals surface area contributed by atoms with E-state index in [-0.39, 0.29) is 5.82 Å². The highest BCUT2D eigenvalue weighted by Crippen LogP contribution is 2.31. The molecule has 0 radical (unpaired) electrons. The van der Waals surface area contributed by atoms with E-state index in [1.807, 2.05) is 19.1 Å². The Morgan fingerprint density at radius 3 is 2.57 bits per heavy atom. The zero-order valence-corrected chi connectivity index (χ0v) is 12.9. The summed E-state index contributed by atoms with van der Waals surface area (Å²) in [5.41, 5.74) is 4.10. The number of hydrogen-bond donors (Lipinski definition) is 0. The minimum absolute atomic E-state index is 0.252. The number of pyridine rings is 1. The van der Waals surface area contributed by atoms with Crippen LogP contribution in [0.3, 0.4) is 0 Å². The Balaban J connectivity index is 2.09. The summed E-state index contributed by atoms with van der Waals surface area (Å²) in [6.07, 6.45) is 2.40. The molecule has 4 heteroatoms. The SMILES string of the molecule is COc1c(C)cc(C#N)c2cc(Cc3ccc(F)cc3)cnc12. The van der Waals surface area contributed by atoms with Crippen LogP contribution >= 0.6 is 0 Å². The van der Waals surface area contributed by atoms with Crippen molar-refractivity contribution in [3.8, 4) is 11.8 Å². The van der Waals surface area contributed by atoms with Crippen LogP contribution in [0.2, 0.25) is 0 Å². The fourth-order valence-corrected chi connectivity index (χ4v) is 2.73. The molecule has 0 spiro atoms. The third kappa shape index (κ3) is 2.86. The van der Waals surface area contributed by atoms with Gasteiger partial charge in [-0.1, -0.05) is 12.1 Å². The number of methoxy groups -OCH3 is 1. The average molecular weight is 306 g/mol. The van der Waals surface area contributed by atoms with Crippen LogP contribution in [-0.2, 0) is 6.42 Å². The lowest BCUT2D eigenvalue weighted by molar-refractivity contribution is 0.416. The van der Waals surface area contributed by atoms with Gasteiger partial charge in [0.2, 0.25) is 0 Å². The lowest BCUT2D eigenvalue weighted by atomic mass is 10.0. The first-order valence-electron chi connectivity index (χ1n) is 7.23. The Bertz CT molecular complexity index is 911. The van der Waals surface area contributed by atoms with E-state index in [0.717, 1.165) is 22.1 Å². The molecule has 0 amide bonds. The van der Waals surface area contributed by atoms with Crippen LogP contribution in [0, 0.1) is 24.1 Å². The summed E-state index contributed by atoms with van der Waals surface area (Å²) >= 11 is 0. The van der Waals surface area contributed by atoms with E-state index in [0.29, 0.717) is 23.3 Å². The predicted molar refractivity (Wildman–Crippen MR) is 87.0 cm³/mol. The molecule has 114 valence electrons. The molecular formula is C19H15FN2O. The van der Waals surface area contributed by atoms with E-state index < -0.39 is 0 Å². The maximum atomic E-state index is 13.0. The second kappa shape index (κ2) is 6.05. The van der Waals surface area contributed by atoms with Gasteiger partial charge in [0.1, 0.15) is 17.1 Å². The molecule has 0 fully saturated rings. The van der Waals surface area contributed by atoms with Crippen molar-refractivity contribution in [3.05, 3.63) is 70.7 Å². The highest BCUT2D eigenvalue weighted by atomic mass is 19.1. The molecule has 0 aliphatic carbocycles. The number of benzene rings is 2. The lowest BCUT2D eigenvalue weighted by Crippen LogP contribution is -1.96. The van der Waals surface area contributed by atoms with Gasteiger partial charge in [0.05, 0.1) is 18.7 Å². The Labute approximate surface area is 134 Å². The lowest BCUT2D eigenvalue weighted by Gasteiger charge is -2.11. The monoisotopic (exact) mass is 306 g/mol. The summed E-state index contributed by atoms with van der Waals surface area (Å²) in [7, 11) is 1.60. The van der Waals surface area contributed by atoms with Crippen LogP contribution < -0.4 is 4.74 Å².